The Morgan fingerprint density at radius 2 is 1.93 bits per heavy atom. The van der Waals surface area contributed by atoms with Gasteiger partial charge in [0.15, 0.2) is 0 Å². The van der Waals surface area contributed by atoms with Crippen molar-refractivity contribution >= 4 is 15.9 Å². The average molecular weight is 256 g/mol. The zero-order chi connectivity index (χ0) is 10.8. The number of hydrogen-bond donors (Lipinski definition) is 1. The van der Waals surface area contributed by atoms with Crippen molar-refractivity contribution < 1.29 is 0 Å². The third kappa shape index (κ3) is 3.81. The second-order valence-corrected chi connectivity index (χ2v) is 5.55. The van der Waals surface area contributed by atoms with Gasteiger partial charge < -0.3 is 5.32 Å². The van der Waals surface area contributed by atoms with Gasteiger partial charge in [-0.1, -0.05) is 28.1 Å². The first kappa shape index (κ1) is 11.7. The van der Waals surface area contributed by atoms with Crippen molar-refractivity contribution in [2.24, 2.45) is 0 Å². The van der Waals surface area contributed by atoms with E-state index in [1.165, 1.54) is 15.6 Å². The van der Waals surface area contributed by atoms with Crippen molar-refractivity contribution in [3.8, 4) is 0 Å². The summed E-state index contributed by atoms with van der Waals surface area (Å²) < 4.78 is 1.19. The fourth-order valence-corrected chi connectivity index (χ4v) is 1.79. The standard InChI is InChI=1S/C12H18BrN/c1-9-5-6-10(11(13)7-9)8-14-12(2,3)4/h5-7,14H,8H2,1-4H3. The number of benzene rings is 1. The molecule has 1 aromatic rings. The van der Waals surface area contributed by atoms with Crippen LogP contribution in [0.25, 0.3) is 0 Å². The second kappa shape index (κ2) is 4.45. The van der Waals surface area contributed by atoms with Gasteiger partial charge in [0, 0.05) is 16.6 Å². The molecular weight excluding hydrogens is 238 g/mol. The monoisotopic (exact) mass is 255 g/mol. The van der Waals surface area contributed by atoms with Crippen molar-refractivity contribution in [2.45, 2.75) is 39.8 Å². The van der Waals surface area contributed by atoms with Gasteiger partial charge >= 0.3 is 0 Å². The summed E-state index contributed by atoms with van der Waals surface area (Å²) in [5.74, 6) is 0. The van der Waals surface area contributed by atoms with E-state index in [-0.39, 0.29) is 5.54 Å². The molecular formula is C12H18BrN. The molecule has 0 amide bonds. The maximum Gasteiger partial charge on any atom is 0.0222 e. The molecule has 0 bridgehead atoms. The van der Waals surface area contributed by atoms with Crippen molar-refractivity contribution in [3.63, 3.8) is 0 Å². The number of rotatable bonds is 2. The molecule has 0 spiro atoms. The van der Waals surface area contributed by atoms with E-state index in [1.54, 1.807) is 0 Å². The van der Waals surface area contributed by atoms with E-state index in [9.17, 15) is 0 Å². The minimum absolute atomic E-state index is 0.171. The molecule has 0 aromatic heterocycles. The predicted molar refractivity (Wildman–Crippen MR) is 65.5 cm³/mol. The van der Waals surface area contributed by atoms with Gasteiger partial charge in [-0.3, -0.25) is 0 Å². The number of aryl methyl sites for hydroxylation is 1. The van der Waals surface area contributed by atoms with Gasteiger partial charge in [0.25, 0.3) is 0 Å². The molecule has 0 unspecified atom stereocenters. The molecule has 0 atom stereocenters. The maximum atomic E-state index is 3.57. The molecule has 1 N–H and O–H groups in total. The molecule has 1 nitrogen and oxygen atoms in total. The maximum absolute atomic E-state index is 3.57. The van der Waals surface area contributed by atoms with Crippen molar-refractivity contribution in [1.29, 1.82) is 0 Å². The first-order valence-electron chi connectivity index (χ1n) is 4.88. The smallest absolute Gasteiger partial charge is 0.0222 e. The Morgan fingerprint density at radius 3 is 2.43 bits per heavy atom. The lowest BCUT2D eigenvalue weighted by Gasteiger charge is -2.21. The molecule has 78 valence electrons. The third-order valence-corrected chi connectivity index (χ3v) is 2.76. The largest absolute Gasteiger partial charge is 0.308 e. The summed E-state index contributed by atoms with van der Waals surface area (Å²) in [6.45, 7) is 9.54. The molecule has 0 heterocycles. The van der Waals surface area contributed by atoms with Crippen molar-refractivity contribution in [3.05, 3.63) is 33.8 Å². The summed E-state index contributed by atoms with van der Waals surface area (Å²) in [5, 5.41) is 3.47. The molecule has 0 aliphatic heterocycles. The molecule has 0 saturated carbocycles. The summed E-state index contributed by atoms with van der Waals surface area (Å²) in [7, 11) is 0. The summed E-state index contributed by atoms with van der Waals surface area (Å²) >= 11 is 3.57. The molecule has 2 heteroatoms. The molecule has 0 radical (unpaired) electrons. The average Bonchev–Trinajstić information content (AvgIpc) is 2.00. The van der Waals surface area contributed by atoms with Crippen molar-refractivity contribution in [1.82, 2.24) is 5.32 Å². The van der Waals surface area contributed by atoms with Gasteiger partial charge in [0.05, 0.1) is 0 Å². The first-order valence-corrected chi connectivity index (χ1v) is 5.68. The lowest BCUT2D eigenvalue weighted by molar-refractivity contribution is 0.424. The Bertz CT molecular complexity index is 313. The SMILES string of the molecule is Cc1ccc(CNC(C)(C)C)c(Br)c1. The van der Waals surface area contributed by atoms with Gasteiger partial charge in [-0.2, -0.15) is 0 Å². The van der Waals surface area contributed by atoms with Crippen LogP contribution in [-0.4, -0.2) is 5.54 Å². The molecule has 0 fully saturated rings. The lowest BCUT2D eigenvalue weighted by atomic mass is 10.1. The normalized spacial score (nSPS) is 11.8. The van der Waals surface area contributed by atoms with E-state index in [2.05, 4.69) is 67.1 Å². The molecule has 1 rings (SSSR count). The number of halogens is 1. The summed E-state index contributed by atoms with van der Waals surface area (Å²) in [5.41, 5.74) is 2.77. The molecule has 1 aromatic carbocycles. The highest BCUT2D eigenvalue weighted by Gasteiger charge is 2.09. The van der Waals surface area contributed by atoms with Crippen LogP contribution in [-0.2, 0) is 6.54 Å². The summed E-state index contributed by atoms with van der Waals surface area (Å²) in [6, 6.07) is 6.46. The Morgan fingerprint density at radius 1 is 1.29 bits per heavy atom. The van der Waals surface area contributed by atoms with Crippen molar-refractivity contribution in [2.75, 3.05) is 0 Å². The highest BCUT2D eigenvalue weighted by Crippen LogP contribution is 2.18. The van der Waals surface area contributed by atoms with E-state index in [1.807, 2.05) is 0 Å². The van der Waals surface area contributed by atoms with Crippen LogP contribution in [0.15, 0.2) is 22.7 Å². The van der Waals surface area contributed by atoms with E-state index < -0.39 is 0 Å². The highest BCUT2D eigenvalue weighted by molar-refractivity contribution is 9.10. The molecule has 0 aliphatic carbocycles. The zero-order valence-electron chi connectivity index (χ0n) is 9.32. The minimum atomic E-state index is 0.171. The Hall–Kier alpha value is -0.340. The number of nitrogens with one attached hydrogen (secondary N) is 1. The fraction of sp³-hybridized carbons (Fsp3) is 0.500. The second-order valence-electron chi connectivity index (χ2n) is 4.70. The fourth-order valence-electron chi connectivity index (χ4n) is 1.16. The van der Waals surface area contributed by atoms with Crippen LogP contribution in [0.1, 0.15) is 31.9 Å². The molecule has 14 heavy (non-hydrogen) atoms. The third-order valence-electron chi connectivity index (χ3n) is 2.02. The number of hydrogen-bond acceptors (Lipinski definition) is 1. The highest BCUT2D eigenvalue weighted by atomic mass is 79.9. The van der Waals surface area contributed by atoms with Gasteiger partial charge in [-0.25, -0.2) is 0 Å². The van der Waals surface area contributed by atoms with E-state index in [0.717, 1.165) is 6.54 Å². The van der Waals surface area contributed by atoms with E-state index >= 15 is 0 Å². The Labute approximate surface area is 95.0 Å². The van der Waals surface area contributed by atoms with E-state index in [4.69, 9.17) is 0 Å². The van der Waals surface area contributed by atoms with Crippen LogP contribution in [0.5, 0.6) is 0 Å². The summed E-state index contributed by atoms with van der Waals surface area (Å²) in [6.07, 6.45) is 0. The van der Waals surface area contributed by atoms with E-state index in [0.29, 0.717) is 0 Å². The van der Waals surface area contributed by atoms with Crippen LogP contribution < -0.4 is 5.32 Å². The van der Waals surface area contributed by atoms with Gasteiger partial charge in [-0.15, -0.1) is 0 Å². The van der Waals surface area contributed by atoms with Crippen LogP contribution in [0.3, 0.4) is 0 Å². The lowest BCUT2D eigenvalue weighted by Crippen LogP contribution is -2.35. The minimum Gasteiger partial charge on any atom is -0.308 e. The Balaban J connectivity index is 2.68. The van der Waals surface area contributed by atoms with Gasteiger partial charge in [0.2, 0.25) is 0 Å². The van der Waals surface area contributed by atoms with Gasteiger partial charge in [-0.05, 0) is 44.9 Å². The van der Waals surface area contributed by atoms with Crippen LogP contribution in [0, 0.1) is 6.92 Å². The van der Waals surface area contributed by atoms with Gasteiger partial charge in [0.1, 0.15) is 0 Å². The van der Waals surface area contributed by atoms with Crippen LogP contribution in [0.4, 0.5) is 0 Å². The zero-order valence-corrected chi connectivity index (χ0v) is 10.9. The summed E-state index contributed by atoms with van der Waals surface area (Å²) in [4.78, 5) is 0. The first-order chi connectivity index (χ1) is 6.38. The Kier molecular flexibility index (Phi) is 3.73. The topological polar surface area (TPSA) is 12.0 Å². The molecule has 0 saturated heterocycles. The van der Waals surface area contributed by atoms with Crippen LogP contribution in [0.2, 0.25) is 0 Å². The molecule has 0 aliphatic rings. The quantitative estimate of drug-likeness (QED) is 0.851. The van der Waals surface area contributed by atoms with Crippen LogP contribution >= 0.6 is 15.9 Å². The predicted octanol–water partition coefficient (Wildman–Crippen LogP) is 3.65.